The topological polar surface area (TPSA) is 43.1 Å². The van der Waals surface area contributed by atoms with E-state index >= 15 is 0 Å². The van der Waals surface area contributed by atoms with Crippen molar-refractivity contribution < 1.29 is 4.79 Å². The number of rotatable bonds is 9. The van der Waals surface area contributed by atoms with E-state index in [-0.39, 0.29) is 11.8 Å². The molecule has 0 bridgehead atoms. The Morgan fingerprint density at radius 3 is 2.44 bits per heavy atom. The normalized spacial score (nSPS) is 12.3. The molecule has 1 atom stereocenters. The van der Waals surface area contributed by atoms with Crippen LogP contribution >= 0.6 is 0 Å². The third-order valence-corrected chi connectivity index (χ3v) is 3.14. The van der Waals surface area contributed by atoms with Gasteiger partial charge in [0.05, 0.1) is 6.04 Å². The summed E-state index contributed by atoms with van der Waals surface area (Å²) in [4.78, 5) is 11.8. The van der Waals surface area contributed by atoms with Gasteiger partial charge >= 0.3 is 0 Å². The summed E-state index contributed by atoms with van der Waals surface area (Å²) in [6.07, 6.45) is 6.65. The summed E-state index contributed by atoms with van der Waals surface area (Å²) in [7, 11) is 0. The predicted molar refractivity (Wildman–Crippen MR) is 76.2 cm³/mol. The molecule has 0 spiro atoms. The van der Waals surface area contributed by atoms with Crippen LogP contribution in [0, 0.1) is 6.92 Å². The lowest BCUT2D eigenvalue weighted by Gasteiger charge is -2.10. The molecule has 0 fully saturated rings. The van der Waals surface area contributed by atoms with Crippen molar-refractivity contribution in [3.05, 3.63) is 42.8 Å². The summed E-state index contributed by atoms with van der Waals surface area (Å²) in [6.45, 7) is 3.81. The molecule has 99 valence electrons. The molecule has 0 aromatic heterocycles. The van der Waals surface area contributed by atoms with E-state index in [1.165, 1.54) is 6.42 Å². The van der Waals surface area contributed by atoms with Gasteiger partial charge in [0.1, 0.15) is 5.78 Å². The van der Waals surface area contributed by atoms with Gasteiger partial charge < -0.3 is 5.73 Å². The van der Waals surface area contributed by atoms with E-state index in [1.807, 2.05) is 30.3 Å². The molecule has 0 aliphatic rings. The summed E-state index contributed by atoms with van der Waals surface area (Å²) >= 11 is 0. The van der Waals surface area contributed by atoms with Gasteiger partial charge in [0, 0.05) is 6.42 Å². The zero-order chi connectivity index (χ0) is 13.2. The van der Waals surface area contributed by atoms with Gasteiger partial charge in [-0.2, -0.15) is 0 Å². The lowest BCUT2D eigenvalue weighted by Crippen LogP contribution is -2.32. The van der Waals surface area contributed by atoms with Crippen LogP contribution in [0.25, 0.3) is 0 Å². The first-order valence-corrected chi connectivity index (χ1v) is 6.85. The summed E-state index contributed by atoms with van der Waals surface area (Å²) in [5.74, 6) is 0.188. The van der Waals surface area contributed by atoms with Crippen molar-refractivity contribution in [3.8, 4) is 0 Å². The average Bonchev–Trinajstić information content (AvgIpc) is 2.39. The first-order valence-electron chi connectivity index (χ1n) is 6.85. The molecule has 1 aromatic rings. The summed E-state index contributed by atoms with van der Waals surface area (Å²) < 4.78 is 0. The van der Waals surface area contributed by atoms with Gasteiger partial charge in [-0.05, 0) is 18.4 Å². The fourth-order valence-electron chi connectivity index (χ4n) is 2.00. The van der Waals surface area contributed by atoms with Crippen LogP contribution in [0.15, 0.2) is 30.3 Å². The number of carbonyl (C=O) groups is 1. The lowest BCUT2D eigenvalue weighted by molar-refractivity contribution is -0.120. The molecular weight excluding hydrogens is 222 g/mol. The third-order valence-electron chi connectivity index (χ3n) is 3.14. The van der Waals surface area contributed by atoms with Gasteiger partial charge in [-0.15, -0.1) is 0 Å². The lowest BCUT2D eigenvalue weighted by atomic mass is 9.99. The van der Waals surface area contributed by atoms with Crippen LogP contribution in [-0.4, -0.2) is 11.8 Å². The molecule has 2 nitrogen and oxygen atoms in total. The fourth-order valence-corrected chi connectivity index (χ4v) is 2.00. The SMILES string of the molecule is [CH2]CCCCCCC(=O)[C@@H](N)Cc1ccccc1. The Morgan fingerprint density at radius 1 is 1.11 bits per heavy atom. The van der Waals surface area contributed by atoms with Crippen LogP contribution in [0.3, 0.4) is 0 Å². The number of nitrogens with two attached hydrogens (primary N) is 1. The van der Waals surface area contributed by atoms with E-state index < -0.39 is 0 Å². The molecular formula is C16H24NO. The van der Waals surface area contributed by atoms with Crippen molar-refractivity contribution in [2.75, 3.05) is 0 Å². The Hall–Kier alpha value is -1.15. The number of carbonyl (C=O) groups excluding carboxylic acids is 1. The van der Waals surface area contributed by atoms with Crippen LogP contribution in [0.2, 0.25) is 0 Å². The third kappa shape index (κ3) is 5.97. The first kappa shape index (κ1) is 14.9. The molecule has 0 amide bonds. The van der Waals surface area contributed by atoms with E-state index in [0.717, 1.165) is 31.2 Å². The summed E-state index contributed by atoms with van der Waals surface area (Å²) in [5.41, 5.74) is 7.07. The molecule has 0 saturated carbocycles. The second-order valence-electron chi connectivity index (χ2n) is 4.78. The molecule has 0 unspecified atom stereocenters. The van der Waals surface area contributed by atoms with Gasteiger partial charge in [-0.25, -0.2) is 0 Å². The maximum absolute atomic E-state index is 11.8. The summed E-state index contributed by atoms with van der Waals surface area (Å²) in [5, 5.41) is 0. The standard InChI is InChI=1S/C16H24NO/c1-2-3-4-5-9-12-16(18)15(17)13-14-10-7-6-8-11-14/h6-8,10-11,15H,1-5,9,12-13,17H2/t15-/m0/s1. The van der Waals surface area contributed by atoms with Crippen molar-refractivity contribution in [1.82, 2.24) is 0 Å². The maximum atomic E-state index is 11.8. The van der Waals surface area contributed by atoms with E-state index in [2.05, 4.69) is 6.92 Å². The van der Waals surface area contributed by atoms with Gasteiger partial charge in [0.2, 0.25) is 0 Å². The van der Waals surface area contributed by atoms with Crippen molar-refractivity contribution in [2.24, 2.45) is 5.73 Å². The Kier molecular flexibility index (Phi) is 7.35. The Bertz CT molecular complexity index is 334. The molecule has 18 heavy (non-hydrogen) atoms. The second-order valence-corrected chi connectivity index (χ2v) is 4.78. The average molecular weight is 246 g/mol. The zero-order valence-corrected chi connectivity index (χ0v) is 11.1. The maximum Gasteiger partial charge on any atom is 0.149 e. The molecule has 0 aliphatic heterocycles. The molecule has 1 rings (SSSR count). The molecule has 0 saturated heterocycles. The number of hydrogen-bond donors (Lipinski definition) is 1. The minimum absolute atomic E-state index is 0.188. The zero-order valence-electron chi connectivity index (χ0n) is 11.1. The van der Waals surface area contributed by atoms with E-state index in [9.17, 15) is 4.79 Å². The van der Waals surface area contributed by atoms with Crippen molar-refractivity contribution in [3.63, 3.8) is 0 Å². The highest BCUT2D eigenvalue weighted by atomic mass is 16.1. The molecule has 1 radical (unpaired) electrons. The second kappa shape index (κ2) is 8.87. The monoisotopic (exact) mass is 246 g/mol. The minimum Gasteiger partial charge on any atom is -0.321 e. The van der Waals surface area contributed by atoms with Crippen molar-refractivity contribution >= 4 is 5.78 Å². The van der Waals surface area contributed by atoms with Crippen LogP contribution < -0.4 is 5.73 Å². The Labute approximate surface area is 111 Å². The van der Waals surface area contributed by atoms with E-state index in [1.54, 1.807) is 0 Å². The largest absolute Gasteiger partial charge is 0.321 e. The minimum atomic E-state index is -0.347. The van der Waals surface area contributed by atoms with E-state index in [4.69, 9.17) is 5.73 Å². The number of benzene rings is 1. The highest BCUT2D eigenvalue weighted by Crippen LogP contribution is 2.08. The van der Waals surface area contributed by atoms with Gasteiger partial charge in [-0.3, -0.25) is 4.79 Å². The number of Topliss-reactive ketones (excluding diaryl/α,β-unsaturated/α-hetero) is 1. The first-order chi connectivity index (χ1) is 8.74. The number of ketones is 1. The molecule has 0 aliphatic carbocycles. The smallest absolute Gasteiger partial charge is 0.149 e. The number of unbranched alkanes of at least 4 members (excludes halogenated alkanes) is 4. The van der Waals surface area contributed by atoms with Crippen LogP contribution in [0.1, 0.15) is 44.1 Å². The van der Waals surface area contributed by atoms with Gasteiger partial charge in [0.25, 0.3) is 0 Å². The number of hydrogen-bond acceptors (Lipinski definition) is 2. The quantitative estimate of drug-likeness (QED) is 0.679. The van der Waals surface area contributed by atoms with Crippen LogP contribution in [0.5, 0.6) is 0 Å². The highest BCUT2D eigenvalue weighted by molar-refractivity contribution is 5.84. The Morgan fingerprint density at radius 2 is 1.78 bits per heavy atom. The molecule has 2 N–H and O–H groups in total. The predicted octanol–water partition coefficient (Wildman–Crippen LogP) is 3.30. The fraction of sp³-hybridized carbons (Fsp3) is 0.500. The molecule has 1 aromatic carbocycles. The van der Waals surface area contributed by atoms with Crippen LogP contribution in [0.4, 0.5) is 0 Å². The Balaban J connectivity index is 2.21. The van der Waals surface area contributed by atoms with Crippen molar-refractivity contribution in [1.29, 1.82) is 0 Å². The van der Waals surface area contributed by atoms with Gasteiger partial charge in [0.15, 0.2) is 0 Å². The molecule has 2 heteroatoms. The molecule has 0 heterocycles. The van der Waals surface area contributed by atoms with Crippen molar-refractivity contribution in [2.45, 2.75) is 51.0 Å². The van der Waals surface area contributed by atoms with Crippen LogP contribution in [-0.2, 0) is 11.2 Å². The van der Waals surface area contributed by atoms with E-state index in [0.29, 0.717) is 12.8 Å². The highest BCUT2D eigenvalue weighted by Gasteiger charge is 2.13. The van der Waals surface area contributed by atoms with Gasteiger partial charge in [-0.1, -0.05) is 62.9 Å². The summed E-state index contributed by atoms with van der Waals surface area (Å²) in [6, 6.07) is 9.61.